The smallest absolute Gasteiger partial charge is 0.267 e. The standard InChI is InChI=1S/C23H23N3O3/c27-20-12-13-23(22(29)24-14-16-10-11-16)25(15-17-6-2-1-3-7-17)21(28)18-8-4-5-9-19(18)26(20)23/h1-9,16H,10-15H2,(H,24,29). The minimum absolute atomic E-state index is 0.121. The van der Waals surface area contributed by atoms with Crippen LogP contribution in [0.1, 0.15) is 41.6 Å². The molecule has 29 heavy (non-hydrogen) atoms. The fourth-order valence-corrected chi connectivity index (χ4v) is 4.47. The molecule has 1 unspecified atom stereocenters. The highest BCUT2D eigenvalue weighted by molar-refractivity contribution is 6.16. The van der Waals surface area contributed by atoms with Crippen molar-refractivity contribution in [2.24, 2.45) is 5.92 Å². The van der Waals surface area contributed by atoms with Gasteiger partial charge in [-0.3, -0.25) is 19.3 Å². The normalized spacial score (nSPS) is 23.0. The number of nitrogens with one attached hydrogen (secondary N) is 1. The molecule has 2 aromatic rings. The van der Waals surface area contributed by atoms with Gasteiger partial charge in [-0.25, -0.2) is 0 Å². The van der Waals surface area contributed by atoms with Crippen LogP contribution in [0, 0.1) is 5.92 Å². The van der Waals surface area contributed by atoms with Crippen molar-refractivity contribution in [2.45, 2.75) is 37.9 Å². The second-order valence-corrected chi connectivity index (χ2v) is 8.09. The molecule has 0 radical (unpaired) electrons. The largest absolute Gasteiger partial charge is 0.352 e. The predicted octanol–water partition coefficient (Wildman–Crippen LogP) is 2.69. The van der Waals surface area contributed by atoms with Crippen LogP contribution in [0.25, 0.3) is 0 Å². The SMILES string of the molecule is O=C1c2ccccc2N2C(=O)CCC2(C(=O)NCC2CC2)N1Cc1ccccc1. The van der Waals surface area contributed by atoms with E-state index in [1.165, 1.54) is 0 Å². The first-order chi connectivity index (χ1) is 14.1. The fraction of sp³-hybridized carbons (Fsp3) is 0.348. The van der Waals surface area contributed by atoms with Crippen molar-refractivity contribution in [3.63, 3.8) is 0 Å². The van der Waals surface area contributed by atoms with Crippen LogP contribution in [0.3, 0.4) is 0 Å². The minimum atomic E-state index is -1.31. The summed E-state index contributed by atoms with van der Waals surface area (Å²) in [5.41, 5.74) is 0.608. The van der Waals surface area contributed by atoms with Crippen LogP contribution in [0.15, 0.2) is 54.6 Å². The average Bonchev–Trinajstić information content (AvgIpc) is 3.51. The first-order valence-electron chi connectivity index (χ1n) is 10.2. The number of fused-ring (bicyclic) bond motifs is 3. The van der Waals surface area contributed by atoms with Gasteiger partial charge in [0.25, 0.3) is 11.8 Å². The predicted molar refractivity (Wildman–Crippen MR) is 108 cm³/mol. The molecule has 0 bridgehead atoms. The summed E-state index contributed by atoms with van der Waals surface area (Å²) in [4.78, 5) is 43.2. The van der Waals surface area contributed by atoms with Crippen LogP contribution < -0.4 is 10.2 Å². The number of carbonyl (C=O) groups is 3. The first-order valence-corrected chi connectivity index (χ1v) is 10.2. The Morgan fingerprint density at radius 2 is 1.76 bits per heavy atom. The molecule has 3 amide bonds. The Hall–Kier alpha value is -3.15. The summed E-state index contributed by atoms with van der Waals surface area (Å²) in [5.74, 6) is -0.0781. The number of para-hydroxylation sites is 1. The molecule has 1 saturated heterocycles. The molecule has 0 spiro atoms. The van der Waals surface area contributed by atoms with Crippen LogP contribution in [0.4, 0.5) is 5.69 Å². The summed E-state index contributed by atoms with van der Waals surface area (Å²) < 4.78 is 0. The van der Waals surface area contributed by atoms with Crippen LogP contribution in [-0.2, 0) is 16.1 Å². The highest BCUT2D eigenvalue weighted by Crippen LogP contribution is 2.45. The quantitative estimate of drug-likeness (QED) is 0.855. The van der Waals surface area contributed by atoms with Gasteiger partial charge in [0, 0.05) is 25.9 Å². The zero-order valence-corrected chi connectivity index (χ0v) is 16.1. The first kappa shape index (κ1) is 17.9. The molecule has 1 aliphatic carbocycles. The van der Waals surface area contributed by atoms with Crippen molar-refractivity contribution in [1.29, 1.82) is 0 Å². The van der Waals surface area contributed by atoms with E-state index in [-0.39, 0.29) is 30.7 Å². The van der Waals surface area contributed by atoms with Crippen LogP contribution in [-0.4, -0.2) is 34.8 Å². The zero-order chi connectivity index (χ0) is 20.0. The van der Waals surface area contributed by atoms with E-state index in [4.69, 9.17) is 0 Å². The van der Waals surface area contributed by atoms with Gasteiger partial charge in [0.1, 0.15) is 0 Å². The molecule has 2 aromatic carbocycles. The highest BCUT2D eigenvalue weighted by Gasteiger charge is 2.60. The van der Waals surface area contributed by atoms with Crippen molar-refractivity contribution < 1.29 is 14.4 Å². The number of nitrogens with zero attached hydrogens (tertiary/aromatic N) is 2. The summed E-state index contributed by atoms with van der Waals surface area (Å²) in [5, 5.41) is 3.04. The monoisotopic (exact) mass is 389 g/mol. The molecule has 0 aromatic heterocycles. The number of carbonyl (C=O) groups excluding carboxylic acids is 3. The number of hydrogen-bond donors (Lipinski definition) is 1. The van der Waals surface area contributed by atoms with Gasteiger partial charge in [-0.15, -0.1) is 0 Å². The van der Waals surface area contributed by atoms with E-state index < -0.39 is 5.66 Å². The highest BCUT2D eigenvalue weighted by atomic mass is 16.2. The Balaban J connectivity index is 1.62. The number of rotatable bonds is 5. The van der Waals surface area contributed by atoms with E-state index in [1.807, 2.05) is 30.3 Å². The fourth-order valence-electron chi connectivity index (χ4n) is 4.47. The lowest BCUT2D eigenvalue weighted by atomic mass is 9.94. The Morgan fingerprint density at radius 1 is 1.03 bits per heavy atom. The van der Waals surface area contributed by atoms with E-state index in [0.717, 1.165) is 18.4 Å². The summed E-state index contributed by atoms with van der Waals surface area (Å²) in [6.07, 6.45) is 2.77. The molecule has 1 N–H and O–H groups in total. The molecule has 1 saturated carbocycles. The molecule has 6 nitrogen and oxygen atoms in total. The van der Waals surface area contributed by atoms with Crippen molar-refractivity contribution in [1.82, 2.24) is 10.2 Å². The summed E-state index contributed by atoms with van der Waals surface area (Å²) >= 11 is 0. The summed E-state index contributed by atoms with van der Waals surface area (Å²) in [6.45, 7) is 0.867. The van der Waals surface area contributed by atoms with Crippen LogP contribution in [0.2, 0.25) is 0 Å². The van der Waals surface area contributed by atoms with Gasteiger partial charge in [-0.2, -0.15) is 0 Å². The lowest BCUT2D eigenvalue weighted by molar-refractivity contribution is -0.134. The lowest BCUT2D eigenvalue weighted by Crippen LogP contribution is -2.70. The van der Waals surface area contributed by atoms with Crippen molar-refractivity contribution >= 4 is 23.4 Å². The van der Waals surface area contributed by atoms with Gasteiger partial charge < -0.3 is 10.2 Å². The number of benzene rings is 2. The second-order valence-electron chi connectivity index (χ2n) is 8.09. The molecule has 2 aliphatic heterocycles. The van der Waals surface area contributed by atoms with Crippen molar-refractivity contribution in [2.75, 3.05) is 11.4 Å². The molecule has 5 rings (SSSR count). The van der Waals surface area contributed by atoms with Crippen molar-refractivity contribution in [3.05, 3.63) is 65.7 Å². The molecule has 2 fully saturated rings. The van der Waals surface area contributed by atoms with E-state index in [2.05, 4.69) is 5.32 Å². The Morgan fingerprint density at radius 3 is 2.52 bits per heavy atom. The van der Waals surface area contributed by atoms with E-state index in [1.54, 1.807) is 34.1 Å². The topological polar surface area (TPSA) is 69.7 Å². The molecular formula is C23H23N3O3. The molecular weight excluding hydrogens is 366 g/mol. The minimum Gasteiger partial charge on any atom is -0.352 e. The number of hydrogen-bond acceptors (Lipinski definition) is 3. The van der Waals surface area contributed by atoms with Crippen molar-refractivity contribution in [3.8, 4) is 0 Å². The summed E-state index contributed by atoms with van der Waals surface area (Å²) in [6, 6.07) is 16.7. The molecule has 148 valence electrons. The van der Waals surface area contributed by atoms with E-state index in [9.17, 15) is 14.4 Å². The lowest BCUT2D eigenvalue weighted by Gasteiger charge is -2.49. The third-order valence-electron chi connectivity index (χ3n) is 6.17. The molecule has 6 heteroatoms. The maximum atomic E-state index is 13.5. The molecule has 3 aliphatic rings. The van der Waals surface area contributed by atoms with Gasteiger partial charge >= 0.3 is 0 Å². The van der Waals surface area contributed by atoms with Crippen LogP contribution >= 0.6 is 0 Å². The molecule has 2 heterocycles. The number of anilines is 1. The van der Waals surface area contributed by atoms with Gasteiger partial charge in [0.2, 0.25) is 11.6 Å². The van der Waals surface area contributed by atoms with Crippen LogP contribution in [0.5, 0.6) is 0 Å². The third-order valence-corrected chi connectivity index (χ3v) is 6.17. The average molecular weight is 389 g/mol. The third kappa shape index (κ3) is 2.82. The Bertz CT molecular complexity index is 986. The van der Waals surface area contributed by atoms with E-state index >= 15 is 0 Å². The number of amides is 3. The van der Waals surface area contributed by atoms with E-state index in [0.29, 0.717) is 30.1 Å². The Kier molecular flexibility index (Phi) is 4.15. The summed E-state index contributed by atoms with van der Waals surface area (Å²) in [7, 11) is 0. The Labute approximate surface area is 169 Å². The van der Waals surface area contributed by atoms with Gasteiger partial charge in [0.05, 0.1) is 11.3 Å². The maximum Gasteiger partial charge on any atom is 0.267 e. The second kappa shape index (κ2) is 6.72. The molecule has 1 atom stereocenters. The van der Waals surface area contributed by atoms with Gasteiger partial charge in [0.15, 0.2) is 0 Å². The maximum absolute atomic E-state index is 13.5. The van der Waals surface area contributed by atoms with Gasteiger partial charge in [-0.1, -0.05) is 42.5 Å². The zero-order valence-electron chi connectivity index (χ0n) is 16.1. The van der Waals surface area contributed by atoms with Gasteiger partial charge in [-0.05, 0) is 36.5 Å².